The Bertz CT molecular complexity index is 267. The van der Waals surface area contributed by atoms with Gasteiger partial charge in [-0.3, -0.25) is 0 Å². The van der Waals surface area contributed by atoms with Gasteiger partial charge in [-0.05, 0) is 0 Å². The number of hydrogen-bond donors (Lipinski definition) is 0. The Balaban J connectivity index is 6.44. The summed E-state index contributed by atoms with van der Waals surface area (Å²) in [5.41, 5.74) is 0. The average molecular weight is 362 g/mol. The molecule has 113 valence electrons. The zero-order chi connectivity index (χ0) is 15.9. The van der Waals surface area contributed by atoms with Crippen molar-refractivity contribution in [2.45, 2.75) is 84.1 Å². The SMILES string of the molecule is C[Si](C)(C)[Si]([Si](C)(C)C)([Si](C)(C)C)[Si](C)(C)CC[Si]. The molecule has 0 saturated heterocycles. The van der Waals surface area contributed by atoms with E-state index >= 15 is 0 Å². The summed E-state index contributed by atoms with van der Waals surface area (Å²) in [6, 6.07) is 2.74. The minimum Gasteiger partial charge on any atom is -0.0720 e. The van der Waals surface area contributed by atoms with Gasteiger partial charge in [-0.2, -0.15) is 0 Å². The molecule has 0 N–H and O–H groups in total. The molecule has 0 heterocycles. The minimum absolute atomic E-state index is 1.08. The maximum atomic E-state index is 3.83. The summed E-state index contributed by atoms with van der Waals surface area (Å²) in [4.78, 5) is 0. The van der Waals surface area contributed by atoms with Crippen LogP contribution in [-0.2, 0) is 0 Å². The molecule has 6 heteroatoms. The molecule has 0 aromatic rings. The highest BCUT2D eigenvalue weighted by Crippen LogP contribution is 2.44. The summed E-state index contributed by atoms with van der Waals surface area (Å²) in [5, 5.41) is 0. The van der Waals surface area contributed by atoms with Crippen LogP contribution in [0.4, 0.5) is 0 Å². The van der Waals surface area contributed by atoms with Crippen LogP contribution >= 0.6 is 0 Å². The van der Waals surface area contributed by atoms with E-state index in [9.17, 15) is 0 Å². The van der Waals surface area contributed by atoms with Crippen LogP contribution in [0.5, 0.6) is 0 Å². The molecule has 0 rings (SSSR count). The fourth-order valence-electron chi connectivity index (χ4n) is 6.92. The van der Waals surface area contributed by atoms with Crippen molar-refractivity contribution < 1.29 is 0 Å². The predicted octanol–water partition coefficient (Wildman–Crippen LogP) is 5.06. The van der Waals surface area contributed by atoms with Gasteiger partial charge in [0, 0.05) is 46.8 Å². The molecule has 0 unspecified atom stereocenters. The van der Waals surface area contributed by atoms with E-state index < -0.39 is 36.5 Å². The molecule has 0 fully saturated rings. The van der Waals surface area contributed by atoms with Crippen molar-refractivity contribution in [3.05, 3.63) is 0 Å². The first-order valence-corrected chi connectivity index (χ1v) is 28.1. The molecule has 0 aromatic heterocycles. The fourth-order valence-corrected chi connectivity index (χ4v) is 182. The van der Waals surface area contributed by atoms with Gasteiger partial charge in [0.1, 0.15) is 0 Å². The largest absolute Gasteiger partial charge is 0.0720 e. The van der Waals surface area contributed by atoms with Gasteiger partial charge in [-0.1, -0.05) is 84.1 Å². The molecule has 0 amide bonds. The molecule has 0 aliphatic rings. The molecule has 19 heavy (non-hydrogen) atoms. The van der Waals surface area contributed by atoms with Crippen molar-refractivity contribution >= 4 is 46.8 Å². The molecule has 0 spiro atoms. The van der Waals surface area contributed by atoms with E-state index in [-0.39, 0.29) is 0 Å². The Kier molecular flexibility index (Phi) is 6.23. The number of hydrogen-bond acceptors (Lipinski definition) is 0. The van der Waals surface area contributed by atoms with E-state index in [4.69, 9.17) is 0 Å². The molecule has 0 aliphatic heterocycles. The van der Waals surface area contributed by atoms with Crippen molar-refractivity contribution in [3.8, 4) is 0 Å². The van der Waals surface area contributed by atoms with Gasteiger partial charge in [-0.25, -0.2) is 0 Å². The molecule has 0 atom stereocenters. The molecular weight excluding hydrogens is 325 g/mol. The zero-order valence-corrected chi connectivity index (χ0v) is 21.4. The molecule has 0 aliphatic carbocycles. The Morgan fingerprint density at radius 3 is 1.00 bits per heavy atom. The topological polar surface area (TPSA) is 0 Å². The van der Waals surface area contributed by atoms with E-state index in [0.717, 1.165) is 0 Å². The maximum absolute atomic E-state index is 3.83. The highest BCUT2D eigenvalue weighted by Gasteiger charge is 2.68. The van der Waals surface area contributed by atoms with Crippen molar-refractivity contribution in [2.75, 3.05) is 0 Å². The molecular formula is C13H37Si6. The van der Waals surface area contributed by atoms with Crippen molar-refractivity contribution in [1.82, 2.24) is 0 Å². The van der Waals surface area contributed by atoms with Crippen molar-refractivity contribution in [1.29, 1.82) is 0 Å². The maximum Gasteiger partial charge on any atom is 0.0342 e. The van der Waals surface area contributed by atoms with Crippen LogP contribution in [0.3, 0.4) is 0 Å². The summed E-state index contributed by atoms with van der Waals surface area (Å²) >= 11 is 0. The number of rotatable bonds is 6. The lowest BCUT2D eigenvalue weighted by Crippen LogP contribution is -2.92. The average Bonchev–Trinajstić information content (AvgIpc) is 1.91. The zero-order valence-electron chi connectivity index (χ0n) is 15.4. The second-order valence-corrected chi connectivity index (χ2v) is 65.2. The standard InChI is InChI=1S/C13H37Si6/c1-15(2,3)19(16(4,5)6,17(7,8)9)18(10,11)13-12-14/h12-13H2,1-11H3. The van der Waals surface area contributed by atoms with Crippen LogP contribution in [0.25, 0.3) is 0 Å². The van der Waals surface area contributed by atoms with E-state index in [0.29, 0.717) is 0 Å². The fraction of sp³-hybridized carbons (Fsp3) is 1.00. The second kappa shape index (κ2) is 5.83. The summed E-state index contributed by atoms with van der Waals surface area (Å²) in [6.07, 6.45) is -1.12. The van der Waals surface area contributed by atoms with Crippen molar-refractivity contribution in [3.63, 3.8) is 0 Å². The van der Waals surface area contributed by atoms with Crippen LogP contribution in [0.15, 0.2) is 0 Å². The summed E-state index contributed by atoms with van der Waals surface area (Å²) in [5.74, 6) is 0. The van der Waals surface area contributed by atoms with Crippen LogP contribution in [0.1, 0.15) is 0 Å². The van der Waals surface area contributed by atoms with Gasteiger partial charge in [0.2, 0.25) is 0 Å². The van der Waals surface area contributed by atoms with Crippen LogP contribution in [-0.4, -0.2) is 46.8 Å². The predicted molar refractivity (Wildman–Crippen MR) is 109 cm³/mol. The first-order valence-electron chi connectivity index (χ1n) is 7.71. The third kappa shape index (κ3) is 3.39. The normalized spacial score (nSPS) is 15.8. The van der Waals surface area contributed by atoms with Gasteiger partial charge < -0.3 is 0 Å². The Labute approximate surface area is 130 Å². The highest BCUT2D eigenvalue weighted by atomic mass is 30.2. The van der Waals surface area contributed by atoms with Gasteiger partial charge in [0.05, 0.1) is 0 Å². The van der Waals surface area contributed by atoms with Crippen LogP contribution in [0.2, 0.25) is 84.1 Å². The monoisotopic (exact) mass is 361 g/mol. The summed E-state index contributed by atoms with van der Waals surface area (Å²) in [6.45, 7) is 30.2. The first kappa shape index (κ1) is 20.3. The quantitative estimate of drug-likeness (QED) is 0.580. The highest BCUT2D eigenvalue weighted by molar-refractivity contribution is 8.06. The Morgan fingerprint density at radius 1 is 0.579 bits per heavy atom. The smallest absolute Gasteiger partial charge is 0.0342 e. The van der Waals surface area contributed by atoms with Crippen LogP contribution < -0.4 is 0 Å². The molecule has 0 saturated carbocycles. The van der Waals surface area contributed by atoms with Crippen molar-refractivity contribution in [2.24, 2.45) is 0 Å². The van der Waals surface area contributed by atoms with E-state index in [1.54, 1.807) is 0 Å². The Morgan fingerprint density at radius 2 is 0.842 bits per heavy atom. The van der Waals surface area contributed by atoms with Gasteiger partial charge in [0.25, 0.3) is 0 Å². The van der Waals surface area contributed by atoms with E-state index in [2.05, 4.69) is 82.3 Å². The summed E-state index contributed by atoms with van der Waals surface area (Å²) < 4.78 is 0. The third-order valence-electron chi connectivity index (χ3n) is 5.14. The molecule has 3 radical (unpaired) electrons. The third-order valence-corrected chi connectivity index (χ3v) is 122. The van der Waals surface area contributed by atoms with Gasteiger partial charge >= 0.3 is 0 Å². The second-order valence-electron chi connectivity index (χ2n) is 9.88. The molecule has 0 bridgehead atoms. The lowest BCUT2D eigenvalue weighted by atomic mass is 10.9. The lowest BCUT2D eigenvalue weighted by molar-refractivity contribution is 1.38. The lowest BCUT2D eigenvalue weighted by Gasteiger charge is -2.64. The first-order chi connectivity index (χ1) is 8.06. The molecule has 0 nitrogen and oxygen atoms in total. The molecule has 0 aromatic carbocycles. The van der Waals surface area contributed by atoms with Gasteiger partial charge in [0.15, 0.2) is 0 Å². The minimum atomic E-state index is -1.12. The van der Waals surface area contributed by atoms with E-state index in [1.807, 2.05) is 0 Å². The van der Waals surface area contributed by atoms with Crippen LogP contribution in [0, 0.1) is 0 Å². The van der Waals surface area contributed by atoms with E-state index in [1.165, 1.54) is 12.1 Å². The summed E-state index contributed by atoms with van der Waals surface area (Å²) in [7, 11) is -0.516. The Hall–Kier alpha value is 1.30. The van der Waals surface area contributed by atoms with Gasteiger partial charge in [-0.15, -0.1) is 0 Å².